The van der Waals surface area contributed by atoms with E-state index in [2.05, 4.69) is 23.8 Å². The second-order valence-corrected chi connectivity index (χ2v) is 9.01. The molecule has 8 nitrogen and oxygen atoms in total. The minimum Gasteiger partial charge on any atom is -0.463 e. The molecule has 0 fully saturated rings. The number of aliphatic hydroxyl groups is 1. The molecule has 0 spiro atoms. The van der Waals surface area contributed by atoms with Crippen molar-refractivity contribution in [3.8, 4) is 0 Å². The van der Waals surface area contributed by atoms with Gasteiger partial charge in [-0.15, -0.1) is 13.2 Å². The molecule has 0 aliphatic rings. The van der Waals surface area contributed by atoms with Crippen LogP contribution in [0.4, 0.5) is 0 Å². The Morgan fingerprint density at radius 1 is 1.03 bits per heavy atom. The average molecular weight is 503 g/mol. The quantitative estimate of drug-likeness (QED) is 0.152. The molecule has 0 radical (unpaired) electrons. The zero-order chi connectivity index (χ0) is 26.8. The molecule has 1 rings (SSSR count). The van der Waals surface area contributed by atoms with Crippen molar-refractivity contribution >= 4 is 17.8 Å². The van der Waals surface area contributed by atoms with E-state index in [1.54, 1.807) is 12.2 Å². The van der Waals surface area contributed by atoms with Crippen LogP contribution in [0.3, 0.4) is 0 Å². The van der Waals surface area contributed by atoms with E-state index in [1.165, 1.54) is 0 Å². The van der Waals surface area contributed by atoms with Crippen LogP contribution in [0, 0.1) is 17.8 Å². The summed E-state index contributed by atoms with van der Waals surface area (Å²) in [5.41, 5.74) is 1.04. The van der Waals surface area contributed by atoms with Gasteiger partial charge < -0.3 is 25.2 Å². The highest BCUT2D eigenvalue weighted by Gasteiger charge is 2.27. The summed E-state index contributed by atoms with van der Waals surface area (Å²) >= 11 is 0. The lowest BCUT2D eigenvalue weighted by molar-refractivity contribution is -0.150. The summed E-state index contributed by atoms with van der Waals surface area (Å²) in [6, 6.07) is 9.33. The summed E-state index contributed by atoms with van der Waals surface area (Å²) in [6.07, 6.45) is 4.69. The molecule has 0 bridgehead atoms. The Bertz CT molecular complexity index is 812. The Kier molecular flexibility index (Phi) is 15.8. The normalized spacial score (nSPS) is 13.3. The number of carbonyl (C=O) groups is 3. The van der Waals surface area contributed by atoms with E-state index in [-0.39, 0.29) is 62.5 Å². The highest BCUT2D eigenvalue weighted by atomic mass is 16.5. The van der Waals surface area contributed by atoms with E-state index in [0.717, 1.165) is 5.56 Å². The molecule has 0 heterocycles. The van der Waals surface area contributed by atoms with Crippen LogP contribution in [0.2, 0.25) is 0 Å². The van der Waals surface area contributed by atoms with Gasteiger partial charge in [0.1, 0.15) is 6.61 Å². The highest BCUT2D eigenvalue weighted by molar-refractivity contribution is 5.86. The molecular weight excluding hydrogens is 460 g/mol. The van der Waals surface area contributed by atoms with Gasteiger partial charge in [-0.05, 0) is 30.7 Å². The van der Waals surface area contributed by atoms with Crippen LogP contribution < -0.4 is 10.6 Å². The predicted octanol–water partition coefficient (Wildman–Crippen LogP) is 2.81. The maximum Gasteiger partial charge on any atom is 0.309 e. The van der Waals surface area contributed by atoms with E-state index in [4.69, 9.17) is 14.6 Å². The number of nitrogens with one attached hydrogen (secondary N) is 2. The molecule has 3 atom stereocenters. The zero-order valence-corrected chi connectivity index (χ0v) is 21.6. The second-order valence-electron chi connectivity index (χ2n) is 9.01. The molecule has 1 aromatic rings. The van der Waals surface area contributed by atoms with E-state index in [9.17, 15) is 14.4 Å². The van der Waals surface area contributed by atoms with Gasteiger partial charge in [0.05, 0.1) is 37.7 Å². The summed E-state index contributed by atoms with van der Waals surface area (Å²) in [5, 5.41) is 14.4. The van der Waals surface area contributed by atoms with E-state index < -0.39 is 12.0 Å². The van der Waals surface area contributed by atoms with Gasteiger partial charge in [0.25, 0.3) is 0 Å². The Morgan fingerprint density at radius 3 is 2.31 bits per heavy atom. The number of allylic oxidation sites excluding steroid dienone is 2. The lowest BCUT2D eigenvalue weighted by Gasteiger charge is -2.25. The SMILES string of the molecule is C=CC[C@@H](CC(=O)NCCOCCO)C(=O)N[C@H](COC(=O)[C@H](CC=C)Cc1ccccc1)C(C)C. The Morgan fingerprint density at radius 2 is 1.69 bits per heavy atom. The fourth-order valence-electron chi connectivity index (χ4n) is 3.56. The molecule has 0 saturated heterocycles. The fourth-order valence-corrected chi connectivity index (χ4v) is 3.56. The Hall–Kier alpha value is -2.97. The summed E-state index contributed by atoms with van der Waals surface area (Å²) in [4.78, 5) is 38.1. The first-order chi connectivity index (χ1) is 17.3. The molecule has 0 saturated carbocycles. The van der Waals surface area contributed by atoms with E-state index in [1.807, 2.05) is 44.2 Å². The summed E-state index contributed by atoms with van der Waals surface area (Å²) in [6.45, 7) is 12.1. The molecule has 3 N–H and O–H groups in total. The van der Waals surface area contributed by atoms with Crippen LogP contribution in [0.5, 0.6) is 0 Å². The fraction of sp³-hybridized carbons (Fsp3) is 0.536. The Labute approximate surface area is 215 Å². The molecule has 36 heavy (non-hydrogen) atoms. The van der Waals surface area contributed by atoms with Gasteiger partial charge in [-0.3, -0.25) is 14.4 Å². The number of ether oxygens (including phenoxy) is 2. The largest absolute Gasteiger partial charge is 0.463 e. The maximum absolute atomic E-state index is 13.0. The molecule has 0 aromatic heterocycles. The van der Waals surface area contributed by atoms with Crippen LogP contribution in [-0.2, 0) is 30.3 Å². The first-order valence-electron chi connectivity index (χ1n) is 12.5. The third-order valence-corrected chi connectivity index (χ3v) is 5.70. The predicted molar refractivity (Wildman–Crippen MR) is 140 cm³/mol. The van der Waals surface area contributed by atoms with Crippen molar-refractivity contribution in [2.24, 2.45) is 17.8 Å². The van der Waals surface area contributed by atoms with Crippen LogP contribution >= 0.6 is 0 Å². The molecule has 8 heteroatoms. The average Bonchev–Trinajstić information content (AvgIpc) is 2.86. The van der Waals surface area contributed by atoms with Crippen molar-refractivity contribution in [1.29, 1.82) is 0 Å². The Balaban J connectivity index is 2.66. The van der Waals surface area contributed by atoms with Gasteiger partial charge in [-0.1, -0.05) is 56.3 Å². The summed E-state index contributed by atoms with van der Waals surface area (Å²) < 4.78 is 10.7. The molecule has 0 aliphatic carbocycles. The number of hydrogen-bond donors (Lipinski definition) is 3. The maximum atomic E-state index is 13.0. The lowest BCUT2D eigenvalue weighted by Crippen LogP contribution is -2.46. The van der Waals surface area contributed by atoms with Gasteiger partial charge in [0.2, 0.25) is 11.8 Å². The number of hydrogen-bond acceptors (Lipinski definition) is 6. The van der Waals surface area contributed by atoms with Crippen LogP contribution in [0.25, 0.3) is 0 Å². The van der Waals surface area contributed by atoms with E-state index in [0.29, 0.717) is 25.8 Å². The van der Waals surface area contributed by atoms with Crippen molar-refractivity contribution in [3.63, 3.8) is 0 Å². The van der Waals surface area contributed by atoms with Gasteiger partial charge in [0, 0.05) is 13.0 Å². The molecular formula is C28H42N2O6. The minimum absolute atomic E-state index is 0.000933. The van der Waals surface area contributed by atoms with Crippen molar-refractivity contribution < 1.29 is 29.0 Å². The second kappa shape index (κ2) is 18.3. The lowest BCUT2D eigenvalue weighted by atomic mass is 9.96. The first-order valence-corrected chi connectivity index (χ1v) is 12.5. The van der Waals surface area contributed by atoms with E-state index >= 15 is 0 Å². The first kappa shape index (κ1) is 31.1. The van der Waals surface area contributed by atoms with Crippen molar-refractivity contribution in [2.45, 2.75) is 45.6 Å². The minimum atomic E-state index is -0.593. The molecule has 2 amide bonds. The molecule has 0 unspecified atom stereocenters. The monoisotopic (exact) mass is 502 g/mol. The van der Waals surface area contributed by atoms with Gasteiger partial charge >= 0.3 is 5.97 Å². The molecule has 0 aliphatic heterocycles. The van der Waals surface area contributed by atoms with Crippen molar-refractivity contribution in [1.82, 2.24) is 10.6 Å². The summed E-state index contributed by atoms with van der Waals surface area (Å²) in [5.74, 6) is -1.83. The van der Waals surface area contributed by atoms with Crippen LogP contribution in [-0.4, -0.2) is 61.9 Å². The number of esters is 1. The summed E-state index contributed by atoms with van der Waals surface area (Å²) in [7, 11) is 0. The standard InChI is InChI=1S/C28H42N2O6/c1-5-10-23(19-26(32)29-14-16-35-17-15-31)27(33)30-25(21(3)4)20-36-28(34)24(11-6-2)18-22-12-8-7-9-13-22/h5-9,12-13,21,23-25,31H,1-2,10-11,14-20H2,3-4H3,(H,29,32)(H,30,33)/t23-,24+,25+/m0/s1. The number of benzene rings is 1. The van der Waals surface area contributed by atoms with Crippen molar-refractivity contribution in [2.75, 3.05) is 33.0 Å². The smallest absolute Gasteiger partial charge is 0.309 e. The van der Waals surface area contributed by atoms with Gasteiger partial charge in [-0.25, -0.2) is 0 Å². The van der Waals surface area contributed by atoms with Gasteiger partial charge in [-0.2, -0.15) is 0 Å². The number of carbonyl (C=O) groups excluding carboxylic acids is 3. The highest BCUT2D eigenvalue weighted by Crippen LogP contribution is 2.16. The molecule has 200 valence electrons. The van der Waals surface area contributed by atoms with Crippen molar-refractivity contribution in [3.05, 3.63) is 61.2 Å². The van der Waals surface area contributed by atoms with Crippen LogP contribution in [0.15, 0.2) is 55.6 Å². The number of rotatable bonds is 19. The number of aliphatic hydroxyl groups excluding tert-OH is 1. The topological polar surface area (TPSA) is 114 Å². The third kappa shape index (κ3) is 12.7. The van der Waals surface area contributed by atoms with Gasteiger partial charge in [0.15, 0.2) is 0 Å². The third-order valence-electron chi connectivity index (χ3n) is 5.70. The molecule has 1 aromatic carbocycles. The number of amides is 2. The zero-order valence-electron chi connectivity index (χ0n) is 21.6. The van der Waals surface area contributed by atoms with Crippen LogP contribution in [0.1, 0.15) is 38.7 Å².